The van der Waals surface area contributed by atoms with Crippen LogP contribution in [0.25, 0.3) is 34.7 Å². The molecule has 0 aliphatic carbocycles. The minimum Gasteiger partial charge on any atom is -0.264 e. The molecular formula is C24H18BrN3. The lowest BCUT2D eigenvalue weighted by Crippen LogP contribution is -1.94. The van der Waals surface area contributed by atoms with Crippen LogP contribution in [-0.2, 0) is 0 Å². The van der Waals surface area contributed by atoms with Crippen LogP contribution < -0.4 is 0 Å². The van der Waals surface area contributed by atoms with Crippen molar-refractivity contribution in [3.05, 3.63) is 101 Å². The molecule has 0 unspecified atom stereocenters. The molecule has 0 fully saturated rings. The summed E-state index contributed by atoms with van der Waals surface area (Å²) in [4.78, 5) is 13.5. The molecule has 4 rings (SSSR count). The molecule has 136 valence electrons. The predicted molar refractivity (Wildman–Crippen MR) is 119 cm³/mol. The van der Waals surface area contributed by atoms with Gasteiger partial charge >= 0.3 is 0 Å². The molecule has 0 saturated carbocycles. The zero-order valence-corrected chi connectivity index (χ0v) is 17.0. The van der Waals surface area contributed by atoms with Gasteiger partial charge in [0, 0.05) is 46.0 Å². The highest BCUT2D eigenvalue weighted by Gasteiger charge is 2.10. The van der Waals surface area contributed by atoms with Gasteiger partial charge in [-0.05, 0) is 58.2 Å². The van der Waals surface area contributed by atoms with Crippen LogP contribution in [0.15, 0.2) is 83.9 Å². The number of rotatable bonds is 4. The van der Waals surface area contributed by atoms with Crippen LogP contribution in [0.5, 0.6) is 0 Å². The second-order valence-corrected chi connectivity index (χ2v) is 7.38. The lowest BCUT2D eigenvalue weighted by Gasteiger charge is -2.10. The summed E-state index contributed by atoms with van der Waals surface area (Å²) in [5.74, 6) is 0. The van der Waals surface area contributed by atoms with E-state index in [9.17, 15) is 0 Å². The van der Waals surface area contributed by atoms with Crippen molar-refractivity contribution in [3.63, 3.8) is 0 Å². The molecule has 4 aromatic rings. The van der Waals surface area contributed by atoms with E-state index >= 15 is 0 Å². The van der Waals surface area contributed by atoms with E-state index in [1.165, 1.54) is 0 Å². The lowest BCUT2D eigenvalue weighted by atomic mass is 10.0. The van der Waals surface area contributed by atoms with Crippen LogP contribution in [0.3, 0.4) is 0 Å². The Morgan fingerprint density at radius 3 is 2.36 bits per heavy atom. The van der Waals surface area contributed by atoms with Crippen molar-refractivity contribution < 1.29 is 0 Å². The largest absolute Gasteiger partial charge is 0.264 e. The van der Waals surface area contributed by atoms with Gasteiger partial charge in [-0.2, -0.15) is 0 Å². The molecular weight excluding hydrogens is 410 g/mol. The fourth-order valence-corrected chi connectivity index (χ4v) is 3.43. The monoisotopic (exact) mass is 427 g/mol. The van der Waals surface area contributed by atoms with Crippen LogP contribution >= 0.6 is 15.9 Å². The lowest BCUT2D eigenvalue weighted by molar-refractivity contribution is 1.22. The first kappa shape index (κ1) is 18.3. The third-order valence-corrected chi connectivity index (χ3v) is 4.86. The Balaban J connectivity index is 1.73. The summed E-state index contributed by atoms with van der Waals surface area (Å²) < 4.78 is 0.945. The normalized spacial score (nSPS) is 11.1. The Labute approximate surface area is 173 Å². The molecule has 0 amide bonds. The van der Waals surface area contributed by atoms with Gasteiger partial charge in [-0.1, -0.05) is 42.5 Å². The number of hydrogen-bond donors (Lipinski definition) is 0. The van der Waals surface area contributed by atoms with Crippen molar-refractivity contribution in [2.75, 3.05) is 0 Å². The highest BCUT2D eigenvalue weighted by molar-refractivity contribution is 9.10. The van der Waals surface area contributed by atoms with Crippen molar-refractivity contribution in [2.45, 2.75) is 6.92 Å². The Bertz CT molecular complexity index is 1120. The molecule has 0 aliphatic heterocycles. The van der Waals surface area contributed by atoms with E-state index in [1.807, 2.05) is 48.9 Å². The molecule has 28 heavy (non-hydrogen) atoms. The number of halogens is 1. The molecule has 0 bridgehead atoms. The fourth-order valence-electron chi connectivity index (χ4n) is 3.08. The topological polar surface area (TPSA) is 38.7 Å². The van der Waals surface area contributed by atoms with E-state index in [-0.39, 0.29) is 0 Å². The van der Waals surface area contributed by atoms with Crippen molar-refractivity contribution in [1.29, 1.82) is 0 Å². The molecule has 0 radical (unpaired) electrons. The maximum Gasteiger partial charge on any atom is 0.0790 e. The highest BCUT2D eigenvalue weighted by atomic mass is 79.9. The number of aryl methyl sites for hydroxylation is 1. The average molecular weight is 428 g/mol. The van der Waals surface area contributed by atoms with E-state index in [2.05, 4.69) is 69.2 Å². The molecule has 0 atom stereocenters. The highest BCUT2D eigenvalue weighted by Crippen LogP contribution is 2.29. The molecule has 0 N–H and O–H groups in total. The zero-order valence-electron chi connectivity index (χ0n) is 15.4. The first-order valence-electron chi connectivity index (χ1n) is 8.97. The standard InChI is InChI=1S/C24H18BrN3/c1-17-12-21(15-27-23(17)20-8-5-11-26-14-20)24-19(13-22(25)16-28-24)10-9-18-6-3-2-4-7-18/h2-16H,1H3. The Kier molecular flexibility index (Phi) is 5.40. The van der Waals surface area contributed by atoms with E-state index in [0.717, 1.165) is 43.7 Å². The zero-order chi connectivity index (χ0) is 19.3. The number of hydrogen-bond acceptors (Lipinski definition) is 3. The quantitative estimate of drug-likeness (QED) is 0.375. The van der Waals surface area contributed by atoms with Crippen LogP contribution in [0.2, 0.25) is 0 Å². The summed E-state index contributed by atoms with van der Waals surface area (Å²) >= 11 is 3.53. The van der Waals surface area contributed by atoms with Gasteiger partial charge in [-0.25, -0.2) is 0 Å². The van der Waals surface area contributed by atoms with E-state index in [0.29, 0.717) is 0 Å². The van der Waals surface area contributed by atoms with E-state index in [4.69, 9.17) is 4.98 Å². The summed E-state index contributed by atoms with van der Waals surface area (Å²) in [7, 11) is 0. The second-order valence-electron chi connectivity index (χ2n) is 6.47. The minimum atomic E-state index is 0.906. The Hall–Kier alpha value is -3.11. The number of nitrogens with zero attached hydrogens (tertiary/aromatic N) is 3. The Morgan fingerprint density at radius 1 is 0.786 bits per heavy atom. The van der Waals surface area contributed by atoms with Crippen molar-refractivity contribution in [1.82, 2.24) is 15.0 Å². The van der Waals surface area contributed by atoms with Gasteiger partial charge in [0.1, 0.15) is 0 Å². The fraction of sp³-hybridized carbons (Fsp3) is 0.0417. The molecule has 3 aromatic heterocycles. The van der Waals surface area contributed by atoms with Crippen LogP contribution in [0.4, 0.5) is 0 Å². The summed E-state index contributed by atoms with van der Waals surface area (Å²) in [5.41, 5.74) is 7.13. The first-order valence-corrected chi connectivity index (χ1v) is 9.76. The van der Waals surface area contributed by atoms with Crippen LogP contribution in [0, 0.1) is 6.92 Å². The predicted octanol–water partition coefficient (Wildman–Crippen LogP) is 6.45. The van der Waals surface area contributed by atoms with E-state index < -0.39 is 0 Å². The van der Waals surface area contributed by atoms with Gasteiger partial charge in [0.05, 0.1) is 11.4 Å². The van der Waals surface area contributed by atoms with Gasteiger partial charge in [-0.15, -0.1) is 0 Å². The first-order chi connectivity index (χ1) is 13.7. The maximum atomic E-state index is 4.69. The van der Waals surface area contributed by atoms with Gasteiger partial charge in [0.15, 0.2) is 0 Å². The maximum absolute atomic E-state index is 4.69. The molecule has 3 nitrogen and oxygen atoms in total. The van der Waals surface area contributed by atoms with Gasteiger partial charge in [-0.3, -0.25) is 15.0 Å². The third kappa shape index (κ3) is 4.07. The Morgan fingerprint density at radius 2 is 1.61 bits per heavy atom. The number of benzene rings is 1. The van der Waals surface area contributed by atoms with Crippen LogP contribution in [-0.4, -0.2) is 15.0 Å². The average Bonchev–Trinajstić information content (AvgIpc) is 2.74. The van der Waals surface area contributed by atoms with Gasteiger partial charge in [0.2, 0.25) is 0 Å². The van der Waals surface area contributed by atoms with Gasteiger partial charge in [0.25, 0.3) is 0 Å². The molecule has 4 heteroatoms. The summed E-state index contributed by atoms with van der Waals surface area (Å²) in [6, 6.07) is 18.4. The summed E-state index contributed by atoms with van der Waals surface area (Å²) in [6.07, 6.45) is 11.5. The van der Waals surface area contributed by atoms with Crippen molar-refractivity contribution >= 4 is 28.1 Å². The molecule has 0 spiro atoms. The summed E-state index contributed by atoms with van der Waals surface area (Å²) in [6.45, 7) is 2.07. The second kappa shape index (κ2) is 8.28. The van der Waals surface area contributed by atoms with E-state index in [1.54, 1.807) is 6.20 Å². The molecule has 3 heterocycles. The number of pyridine rings is 3. The molecule has 0 saturated heterocycles. The number of aromatic nitrogens is 3. The smallest absolute Gasteiger partial charge is 0.0790 e. The van der Waals surface area contributed by atoms with Crippen molar-refractivity contribution in [2.24, 2.45) is 0 Å². The summed E-state index contributed by atoms with van der Waals surface area (Å²) in [5, 5.41) is 0. The third-order valence-electron chi connectivity index (χ3n) is 4.43. The minimum absolute atomic E-state index is 0.906. The van der Waals surface area contributed by atoms with Crippen molar-refractivity contribution in [3.8, 4) is 22.5 Å². The molecule has 0 aliphatic rings. The van der Waals surface area contributed by atoms with Gasteiger partial charge < -0.3 is 0 Å². The molecule has 1 aromatic carbocycles. The SMILES string of the molecule is Cc1cc(-c2ncc(Br)cc2C=Cc2ccccc2)cnc1-c1cccnc1. The van der Waals surface area contributed by atoms with Crippen LogP contribution in [0.1, 0.15) is 16.7 Å².